The Morgan fingerprint density at radius 3 is 2.20 bits per heavy atom. The van der Waals surface area contributed by atoms with Crippen molar-refractivity contribution in [3.8, 4) is 0 Å². The number of carbonyl (C=O) groups excluding carboxylic acids is 1. The summed E-state index contributed by atoms with van der Waals surface area (Å²) in [6.45, 7) is 16.2. The molecule has 0 aromatic heterocycles. The van der Waals surface area contributed by atoms with Crippen LogP contribution in [0.5, 0.6) is 0 Å². The molecule has 0 spiro atoms. The Morgan fingerprint density at radius 1 is 1.20 bits per heavy atom. The molecule has 4 nitrogen and oxygen atoms in total. The number of rotatable bonds is 7. The highest BCUT2D eigenvalue weighted by atomic mass is 16.6. The summed E-state index contributed by atoms with van der Waals surface area (Å²) in [6.07, 6.45) is 6.54. The molecule has 1 N–H and O–H groups in total. The van der Waals surface area contributed by atoms with Crippen molar-refractivity contribution in [2.45, 2.75) is 40.9 Å². The van der Waals surface area contributed by atoms with E-state index in [0.29, 0.717) is 5.76 Å². The molecule has 116 valence electrons. The standard InChI is InChI=1S/C12H16O4.2C2H6/c1-4-6-7-8-10(3)16-12(14)9-15-11(13)5-2;2*1-2/h4-8,12,14H,1-2,9H2,3H3;2*1-2H3/b7-6-,10-8+;;. The summed E-state index contributed by atoms with van der Waals surface area (Å²) < 4.78 is 9.60. The van der Waals surface area contributed by atoms with E-state index in [-0.39, 0.29) is 6.61 Å². The van der Waals surface area contributed by atoms with Crippen LogP contribution in [0.4, 0.5) is 0 Å². The smallest absolute Gasteiger partial charge is 0.330 e. The molecule has 4 heteroatoms. The van der Waals surface area contributed by atoms with Crippen LogP contribution in [0.25, 0.3) is 0 Å². The van der Waals surface area contributed by atoms with Crippen molar-refractivity contribution >= 4 is 5.97 Å². The number of aliphatic hydroxyl groups excluding tert-OH is 1. The van der Waals surface area contributed by atoms with Gasteiger partial charge in [0.25, 0.3) is 0 Å². The average Bonchev–Trinajstić information content (AvgIpc) is 2.49. The molecule has 0 radical (unpaired) electrons. The first kappa shape index (κ1) is 23.3. The van der Waals surface area contributed by atoms with Gasteiger partial charge in [0.05, 0.1) is 5.76 Å². The van der Waals surface area contributed by atoms with Gasteiger partial charge in [0.15, 0.2) is 6.61 Å². The van der Waals surface area contributed by atoms with Gasteiger partial charge in [-0.15, -0.1) is 0 Å². The third-order valence-electron chi connectivity index (χ3n) is 1.43. The molecule has 0 aromatic carbocycles. The quantitative estimate of drug-likeness (QED) is 0.254. The Balaban J connectivity index is -0.000000656. The van der Waals surface area contributed by atoms with Gasteiger partial charge in [0.1, 0.15) is 0 Å². The first-order valence-electron chi connectivity index (χ1n) is 6.70. The maximum absolute atomic E-state index is 10.7. The number of allylic oxidation sites excluding steroid dienone is 5. The van der Waals surface area contributed by atoms with Crippen LogP contribution < -0.4 is 0 Å². The molecule has 0 fully saturated rings. The molecule has 0 bridgehead atoms. The fourth-order valence-electron chi connectivity index (χ4n) is 0.770. The predicted octanol–water partition coefficient (Wildman–Crippen LogP) is 3.75. The van der Waals surface area contributed by atoms with Gasteiger partial charge in [0, 0.05) is 6.08 Å². The van der Waals surface area contributed by atoms with Crippen molar-refractivity contribution in [3.05, 3.63) is 49.3 Å². The summed E-state index contributed by atoms with van der Waals surface area (Å²) in [6, 6.07) is 0. The van der Waals surface area contributed by atoms with Gasteiger partial charge in [-0.25, -0.2) is 4.79 Å². The van der Waals surface area contributed by atoms with Crippen LogP contribution in [0, 0.1) is 0 Å². The molecular weight excluding hydrogens is 256 g/mol. The second kappa shape index (κ2) is 19.5. The molecular formula is C16H28O4. The van der Waals surface area contributed by atoms with Gasteiger partial charge in [0.2, 0.25) is 6.29 Å². The van der Waals surface area contributed by atoms with Crippen LogP contribution in [-0.4, -0.2) is 24.0 Å². The van der Waals surface area contributed by atoms with E-state index in [2.05, 4.69) is 17.9 Å². The monoisotopic (exact) mass is 284 g/mol. The minimum Gasteiger partial charge on any atom is -0.466 e. The lowest BCUT2D eigenvalue weighted by molar-refractivity contribution is -0.153. The maximum atomic E-state index is 10.7. The van der Waals surface area contributed by atoms with Gasteiger partial charge in [-0.2, -0.15) is 0 Å². The van der Waals surface area contributed by atoms with Crippen LogP contribution in [0.3, 0.4) is 0 Å². The highest BCUT2D eigenvalue weighted by Crippen LogP contribution is 2.01. The van der Waals surface area contributed by atoms with Gasteiger partial charge >= 0.3 is 5.97 Å². The third kappa shape index (κ3) is 18.6. The molecule has 0 aliphatic heterocycles. The highest BCUT2D eigenvalue weighted by Gasteiger charge is 2.07. The Kier molecular flexibility index (Phi) is 22.7. The number of carbonyl (C=O) groups is 1. The van der Waals surface area contributed by atoms with Gasteiger partial charge in [-0.05, 0) is 13.0 Å². The lowest BCUT2D eigenvalue weighted by Crippen LogP contribution is -2.20. The maximum Gasteiger partial charge on any atom is 0.330 e. The van der Waals surface area contributed by atoms with E-state index in [1.807, 2.05) is 27.7 Å². The van der Waals surface area contributed by atoms with Crippen molar-refractivity contribution in [2.75, 3.05) is 6.61 Å². The topological polar surface area (TPSA) is 55.8 Å². The van der Waals surface area contributed by atoms with Crippen molar-refractivity contribution < 1.29 is 19.4 Å². The minimum atomic E-state index is -1.18. The number of ether oxygens (including phenoxy) is 2. The molecule has 0 aromatic rings. The fourth-order valence-corrected chi connectivity index (χ4v) is 0.770. The minimum absolute atomic E-state index is 0.235. The number of aliphatic hydroxyl groups is 1. The molecule has 0 saturated heterocycles. The molecule has 1 atom stereocenters. The van der Waals surface area contributed by atoms with Crippen LogP contribution in [0.1, 0.15) is 34.6 Å². The van der Waals surface area contributed by atoms with Gasteiger partial charge < -0.3 is 14.6 Å². The second-order valence-electron chi connectivity index (χ2n) is 2.80. The van der Waals surface area contributed by atoms with E-state index >= 15 is 0 Å². The predicted molar refractivity (Wildman–Crippen MR) is 84.0 cm³/mol. The molecule has 0 aliphatic carbocycles. The summed E-state index contributed by atoms with van der Waals surface area (Å²) in [5.41, 5.74) is 0. The second-order valence-corrected chi connectivity index (χ2v) is 2.80. The lowest BCUT2D eigenvalue weighted by atomic mass is 10.4. The zero-order chi connectivity index (χ0) is 16.4. The van der Waals surface area contributed by atoms with E-state index in [4.69, 9.17) is 4.74 Å². The number of hydrogen-bond acceptors (Lipinski definition) is 4. The van der Waals surface area contributed by atoms with Crippen LogP contribution in [-0.2, 0) is 14.3 Å². The van der Waals surface area contributed by atoms with Crippen LogP contribution >= 0.6 is 0 Å². The zero-order valence-electron chi connectivity index (χ0n) is 13.3. The lowest BCUT2D eigenvalue weighted by Gasteiger charge is -2.12. The number of esters is 1. The van der Waals surface area contributed by atoms with Gasteiger partial charge in [-0.3, -0.25) is 0 Å². The number of hydrogen-bond donors (Lipinski definition) is 1. The van der Waals surface area contributed by atoms with Crippen molar-refractivity contribution in [3.63, 3.8) is 0 Å². The Hall–Kier alpha value is -1.81. The first-order valence-corrected chi connectivity index (χ1v) is 6.70. The SMILES string of the molecule is C=C/C=C\C=C(/C)OC(O)COC(=O)C=C.CC.CC. The summed E-state index contributed by atoms with van der Waals surface area (Å²) in [5, 5.41) is 9.30. The average molecular weight is 284 g/mol. The normalized spacial score (nSPS) is 11.2. The third-order valence-corrected chi connectivity index (χ3v) is 1.43. The molecule has 0 saturated carbocycles. The summed E-state index contributed by atoms with van der Waals surface area (Å²) in [7, 11) is 0. The Labute approximate surface area is 123 Å². The molecule has 0 aliphatic rings. The Bertz CT molecular complexity index is 304. The van der Waals surface area contributed by atoms with Crippen LogP contribution in [0.2, 0.25) is 0 Å². The molecule has 20 heavy (non-hydrogen) atoms. The van der Waals surface area contributed by atoms with E-state index in [1.54, 1.807) is 31.2 Å². The molecule has 0 amide bonds. The fraction of sp³-hybridized carbons (Fsp3) is 0.438. The zero-order valence-corrected chi connectivity index (χ0v) is 13.3. The molecule has 0 heterocycles. The van der Waals surface area contributed by atoms with E-state index in [1.165, 1.54) is 0 Å². The highest BCUT2D eigenvalue weighted by molar-refractivity contribution is 5.81. The van der Waals surface area contributed by atoms with Crippen LogP contribution in [0.15, 0.2) is 49.3 Å². The summed E-state index contributed by atoms with van der Waals surface area (Å²) >= 11 is 0. The van der Waals surface area contributed by atoms with Crippen molar-refractivity contribution in [1.29, 1.82) is 0 Å². The Morgan fingerprint density at radius 2 is 1.75 bits per heavy atom. The first-order chi connectivity index (χ1) is 9.60. The van der Waals surface area contributed by atoms with Crippen molar-refractivity contribution in [2.24, 2.45) is 0 Å². The largest absolute Gasteiger partial charge is 0.466 e. The van der Waals surface area contributed by atoms with E-state index in [9.17, 15) is 9.90 Å². The van der Waals surface area contributed by atoms with Crippen molar-refractivity contribution in [1.82, 2.24) is 0 Å². The summed E-state index contributed by atoms with van der Waals surface area (Å²) in [5.74, 6) is -0.101. The van der Waals surface area contributed by atoms with E-state index in [0.717, 1.165) is 6.08 Å². The molecule has 1 unspecified atom stereocenters. The molecule has 0 rings (SSSR count). The summed E-state index contributed by atoms with van der Waals surface area (Å²) in [4.78, 5) is 10.7. The van der Waals surface area contributed by atoms with E-state index < -0.39 is 12.3 Å². The van der Waals surface area contributed by atoms with Gasteiger partial charge in [-0.1, -0.05) is 59.1 Å².